The van der Waals surface area contributed by atoms with E-state index in [1.807, 2.05) is 18.9 Å². The van der Waals surface area contributed by atoms with Crippen LogP contribution in [0.3, 0.4) is 0 Å². The van der Waals surface area contributed by atoms with Crippen molar-refractivity contribution in [2.24, 2.45) is 5.73 Å². The van der Waals surface area contributed by atoms with Crippen molar-refractivity contribution in [1.82, 2.24) is 4.90 Å². The first kappa shape index (κ1) is 14.5. The smallest absolute Gasteiger partial charge is 0.222 e. The molecule has 0 saturated heterocycles. The number of nitrogens with two attached hydrogens (primary N) is 1. The van der Waals surface area contributed by atoms with Crippen LogP contribution in [0, 0.1) is 0 Å². The molecule has 0 bridgehead atoms. The van der Waals surface area contributed by atoms with Crippen molar-refractivity contribution in [3.63, 3.8) is 0 Å². The molecule has 4 heteroatoms. The molecule has 0 aromatic carbocycles. The van der Waals surface area contributed by atoms with Crippen LogP contribution < -0.4 is 5.73 Å². The summed E-state index contributed by atoms with van der Waals surface area (Å²) in [5.41, 5.74) is 5.87. The Morgan fingerprint density at radius 3 is 2.53 bits per heavy atom. The fourth-order valence-electron chi connectivity index (χ4n) is 2.31. The number of methoxy groups -OCH3 is 1. The zero-order chi connectivity index (χ0) is 12.8. The summed E-state index contributed by atoms with van der Waals surface area (Å²) in [6.45, 7) is 1.99. The SMILES string of the molecule is COC(C)CCC(=O)N(C)C1CCC(N)CC1. The van der Waals surface area contributed by atoms with Crippen LogP contribution in [0.15, 0.2) is 0 Å². The van der Waals surface area contributed by atoms with Gasteiger partial charge in [-0.05, 0) is 39.0 Å². The van der Waals surface area contributed by atoms with Crippen molar-refractivity contribution < 1.29 is 9.53 Å². The maximum absolute atomic E-state index is 12.0. The molecule has 100 valence electrons. The lowest BCUT2D eigenvalue weighted by atomic mass is 9.91. The summed E-state index contributed by atoms with van der Waals surface area (Å²) in [6.07, 6.45) is 5.70. The number of rotatable bonds is 5. The molecule has 1 aliphatic carbocycles. The Kier molecular flexibility index (Phi) is 5.92. The molecule has 4 nitrogen and oxygen atoms in total. The quantitative estimate of drug-likeness (QED) is 0.795. The van der Waals surface area contributed by atoms with Gasteiger partial charge in [-0.15, -0.1) is 0 Å². The van der Waals surface area contributed by atoms with Gasteiger partial charge >= 0.3 is 0 Å². The molecular weight excluding hydrogens is 216 g/mol. The second kappa shape index (κ2) is 6.97. The van der Waals surface area contributed by atoms with Crippen LogP contribution in [0.1, 0.15) is 45.4 Å². The monoisotopic (exact) mass is 242 g/mol. The minimum Gasteiger partial charge on any atom is -0.382 e. The maximum Gasteiger partial charge on any atom is 0.222 e. The molecule has 1 atom stereocenters. The van der Waals surface area contributed by atoms with Crippen molar-refractivity contribution in [3.05, 3.63) is 0 Å². The molecule has 0 aromatic rings. The van der Waals surface area contributed by atoms with Crippen LogP contribution in [0.2, 0.25) is 0 Å². The molecule has 17 heavy (non-hydrogen) atoms. The highest BCUT2D eigenvalue weighted by atomic mass is 16.5. The molecule has 0 aromatic heterocycles. The number of hydrogen-bond donors (Lipinski definition) is 1. The van der Waals surface area contributed by atoms with Crippen molar-refractivity contribution in [3.8, 4) is 0 Å². The van der Waals surface area contributed by atoms with Gasteiger partial charge in [-0.3, -0.25) is 4.79 Å². The molecule has 0 spiro atoms. The molecule has 1 rings (SSSR count). The largest absolute Gasteiger partial charge is 0.382 e. The molecular formula is C13H26N2O2. The first-order valence-corrected chi connectivity index (χ1v) is 6.58. The van der Waals surface area contributed by atoms with Gasteiger partial charge in [0.2, 0.25) is 5.91 Å². The Labute approximate surface area is 104 Å². The third kappa shape index (κ3) is 4.64. The lowest BCUT2D eigenvalue weighted by Gasteiger charge is -2.33. The number of amides is 1. The summed E-state index contributed by atoms with van der Waals surface area (Å²) in [5, 5.41) is 0. The Morgan fingerprint density at radius 2 is 2.00 bits per heavy atom. The van der Waals surface area contributed by atoms with Crippen molar-refractivity contribution in [1.29, 1.82) is 0 Å². The first-order chi connectivity index (χ1) is 8.04. The minimum absolute atomic E-state index is 0.159. The van der Waals surface area contributed by atoms with Gasteiger partial charge in [0, 0.05) is 32.7 Å². The van der Waals surface area contributed by atoms with Crippen LogP contribution in [-0.4, -0.2) is 43.2 Å². The van der Waals surface area contributed by atoms with Gasteiger partial charge in [0.05, 0.1) is 6.10 Å². The average Bonchev–Trinajstić information content (AvgIpc) is 2.35. The summed E-state index contributed by atoms with van der Waals surface area (Å²) in [7, 11) is 3.60. The lowest BCUT2D eigenvalue weighted by molar-refractivity contribution is -0.133. The van der Waals surface area contributed by atoms with E-state index in [4.69, 9.17) is 10.5 Å². The Hall–Kier alpha value is -0.610. The van der Waals surface area contributed by atoms with Crippen LogP contribution in [0.5, 0.6) is 0 Å². The summed E-state index contributed by atoms with van der Waals surface area (Å²) >= 11 is 0. The van der Waals surface area contributed by atoms with E-state index in [0.29, 0.717) is 18.5 Å². The molecule has 1 fully saturated rings. The van der Waals surface area contributed by atoms with E-state index in [2.05, 4.69) is 0 Å². The summed E-state index contributed by atoms with van der Waals surface area (Å²) in [6, 6.07) is 0.725. The average molecular weight is 242 g/mol. The van der Waals surface area contributed by atoms with E-state index in [9.17, 15) is 4.79 Å². The van der Waals surface area contributed by atoms with E-state index in [1.165, 1.54) is 0 Å². The van der Waals surface area contributed by atoms with E-state index in [1.54, 1.807) is 7.11 Å². The lowest BCUT2D eigenvalue weighted by Crippen LogP contribution is -2.42. The van der Waals surface area contributed by atoms with Gasteiger partial charge in [0.1, 0.15) is 0 Å². The fraction of sp³-hybridized carbons (Fsp3) is 0.923. The molecule has 0 heterocycles. The van der Waals surface area contributed by atoms with Gasteiger partial charge in [-0.25, -0.2) is 0 Å². The molecule has 1 aliphatic rings. The zero-order valence-corrected chi connectivity index (χ0v) is 11.3. The van der Waals surface area contributed by atoms with E-state index >= 15 is 0 Å². The predicted molar refractivity (Wildman–Crippen MR) is 68.7 cm³/mol. The summed E-state index contributed by atoms with van der Waals surface area (Å²) in [5.74, 6) is 0.231. The molecule has 1 saturated carbocycles. The minimum atomic E-state index is 0.159. The highest BCUT2D eigenvalue weighted by Crippen LogP contribution is 2.21. The number of ether oxygens (including phenoxy) is 1. The third-order valence-corrected chi connectivity index (χ3v) is 3.85. The van der Waals surface area contributed by atoms with Gasteiger partial charge in [-0.2, -0.15) is 0 Å². The Morgan fingerprint density at radius 1 is 1.41 bits per heavy atom. The van der Waals surface area contributed by atoms with Gasteiger partial charge < -0.3 is 15.4 Å². The maximum atomic E-state index is 12.0. The van der Waals surface area contributed by atoms with Gasteiger partial charge in [0.15, 0.2) is 0 Å². The highest BCUT2D eigenvalue weighted by molar-refractivity contribution is 5.76. The summed E-state index contributed by atoms with van der Waals surface area (Å²) in [4.78, 5) is 13.9. The topological polar surface area (TPSA) is 55.6 Å². The van der Waals surface area contributed by atoms with Gasteiger partial charge in [0.25, 0.3) is 0 Å². The number of hydrogen-bond acceptors (Lipinski definition) is 3. The van der Waals surface area contributed by atoms with E-state index in [-0.39, 0.29) is 12.0 Å². The second-order valence-electron chi connectivity index (χ2n) is 5.16. The van der Waals surface area contributed by atoms with Crippen molar-refractivity contribution in [2.45, 2.75) is 63.6 Å². The summed E-state index contributed by atoms with van der Waals surface area (Å²) < 4.78 is 5.15. The van der Waals surface area contributed by atoms with Crippen molar-refractivity contribution >= 4 is 5.91 Å². The second-order valence-corrected chi connectivity index (χ2v) is 5.16. The van der Waals surface area contributed by atoms with Gasteiger partial charge in [-0.1, -0.05) is 0 Å². The van der Waals surface area contributed by atoms with Crippen LogP contribution in [-0.2, 0) is 9.53 Å². The molecule has 1 amide bonds. The van der Waals surface area contributed by atoms with E-state index in [0.717, 1.165) is 32.1 Å². The Balaban J connectivity index is 2.31. The van der Waals surface area contributed by atoms with Crippen LogP contribution >= 0.6 is 0 Å². The fourth-order valence-corrected chi connectivity index (χ4v) is 2.31. The normalized spacial score (nSPS) is 26.6. The predicted octanol–water partition coefficient (Wildman–Crippen LogP) is 1.53. The number of carbonyl (C=O) groups excluding carboxylic acids is 1. The number of carbonyl (C=O) groups is 1. The molecule has 0 aliphatic heterocycles. The standard InChI is InChI=1S/C13H26N2O2/c1-10(17-3)4-9-13(16)15(2)12-7-5-11(14)6-8-12/h10-12H,4-9,14H2,1-3H3. The first-order valence-electron chi connectivity index (χ1n) is 6.58. The molecule has 2 N–H and O–H groups in total. The van der Waals surface area contributed by atoms with Crippen LogP contribution in [0.4, 0.5) is 0 Å². The van der Waals surface area contributed by atoms with E-state index < -0.39 is 0 Å². The van der Waals surface area contributed by atoms with Crippen LogP contribution in [0.25, 0.3) is 0 Å². The number of nitrogens with zero attached hydrogens (tertiary/aromatic N) is 1. The molecule has 1 unspecified atom stereocenters. The zero-order valence-electron chi connectivity index (χ0n) is 11.3. The molecule has 0 radical (unpaired) electrons. The highest BCUT2D eigenvalue weighted by Gasteiger charge is 2.24. The Bertz CT molecular complexity index is 238. The van der Waals surface area contributed by atoms with Crippen molar-refractivity contribution in [2.75, 3.05) is 14.2 Å². The third-order valence-electron chi connectivity index (χ3n) is 3.85.